The van der Waals surface area contributed by atoms with E-state index >= 15 is 0 Å². The highest BCUT2D eigenvalue weighted by atomic mass is 35.5. The molecule has 1 saturated heterocycles. The zero-order valence-electron chi connectivity index (χ0n) is 24.3. The number of hydrogen-bond acceptors (Lipinski definition) is 11. The molecule has 3 rings (SSSR count). The van der Waals surface area contributed by atoms with E-state index in [1.54, 1.807) is 18.2 Å². The average Bonchev–Trinajstić information content (AvgIpc) is 3.21. The Morgan fingerprint density at radius 2 is 1.60 bits per heavy atom. The first kappa shape index (κ1) is 32.8. The molecule has 1 aliphatic rings. The number of halogens is 1. The number of hydrogen-bond donors (Lipinski definition) is 0. The predicted molar refractivity (Wildman–Crippen MR) is 149 cm³/mol. The van der Waals surface area contributed by atoms with Crippen LogP contribution in [0.5, 0.6) is 5.75 Å². The summed E-state index contributed by atoms with van der Waals surface area (Å²) in [6, 6.07) is 12.6. The summed E-state index contributed by atoms with van der Waals surface area (Å²) in [5.41, 5.74) is 2.03. The van der Waals surface area contributed by atoms with Crippen LogP contribution in [0, 0.1) is 0 Å². The molecular formula is C30H35ClO11. The molecule has 1 heterocycles. The molecule has 0 aliphatic carbocycles. The number of rotatable bonds is 12. The fourth-order valence-electron chi connectivity index (χ4n) is 4.80. The lowest BCUT2D eigenvalue weighted by Crippen LogP contribution is -2.48. The minimum Gasteiger partial charge on any atom is -0.494 e. The van der Waals surface area contributed by atoms with Gasteiger partial charge in [-0.1, -0.05) is 29.8 Å². The van der Waals surface area contributed by atoms with Crippen molar-refractivity contribution in [3.8, 4) is 5.75 Å². The molecular weight excluding hydrogens is 572 g/mol. The molecule has 11 nitrogen and oxygen atoms in total. The maximum atomic E-state index is 12.3. The number of carbonyl (C=O) groups is 4. The lowest BCUT2D eigenvalue weighted by Gasteiger charge is -2.33. The second-order valence-corrected chi connectivity index (χ2v) is 9.98. The third kappa shape index (κ3) is 7.99. The van der Waals surface area contributed by atoms with E-state index in [4.69, 9.17) is 44.8 Å². The fraction of sp³-hybridized carbons (Fsp3) is 0.467. The summed E-state index contributed by atoms with van der Waals surface area (Å²) in [6.45, 7) is 6.72. The average molecular weight is 607 g/mol. The Morgan fingerprint density at radius 1 is 0.929 bits per heavy atom. The second-order valence-electron chi connectivity index (χ2n) is 9.57. The van der Waals surface area contributed by atoms with Crippen LogP contribution in [-0.4, -0.2) is 68.6 Å². The van der Waals surface area contributed by atoms with Crippen LogP contribution < -0.4 is 4.74 Å². The van der Waals surface area contributed by atoms with Gasteiger partial charge in [-0.3, -0.25) is 19.2 Å². The molecule has 0 spiro atoms. The van der Waals surface area contributed by atoms with Crippen molar-refractivity contribution in [1.82, 2.24) is 0 Å². The van der Waals surface area contributed by atoms with Crippen LogP contribution >= 0.6 is 11.6 Å². The van der Waals surface area contributed by atoms with Gasteiger partial charge in [0.05, 0.1) is 6.61 Å². The summed E-state index contributed by atoms with van der Waals surface area (Å²) in [4.78, 5) is 48.1. The first-order valence-corrected chi connectivity index (χ1v) is 13.7. The molecule has 228 valence electrons. The Bertz CT molecular complexity index is 1280. The van der Waals surface area contributed by atoms with Crippen molar-refractivity contribution in [2.45, 2.75) is 71.2 Å². The van der Waals surface area contributed by atoms with E-state index < -0.39 is 60.7 Å². The van der Waals surface area contributed by atoms with Gasteiger partial charge in [-0.2, -0.15) is 0 Å². The maximum absolute atomic E-state index is 12.3. The predicted octanol–water partition coefficient (Wildman–Crippen LogP) is 3.89. The Morgan fingerprint density at radius 3 is 2.14 bits per heavy atom. The molecule has 0 N–H and O–H groups in total. The third-order valence-corrected chi connectivity index (χ3v) is 6.79. The van der Waals surface area contributed by atoms with E-state index in [-0.39, 0.29) is 0 Å². The van der Waals surface area contributed by atoms with E-state index in [2.05, 4.69) is 0 Å². The molecule has 2 aromatic rings. The van der Waals surface area contributed by atoms with Crippen molar-refractivity contribution in [1.29, 1.82) is 0 Å². The molecule has 1 aliphatic heterocycles. The summed E-state index contributed by atoms with van der Waals surface area (Å²) in [6.07, 6.45) is -4.77. The zero-order chi connectivity index (χ0) is 31.0. The highest BCUT2D eigenvalue weighted by Crippen LogP contribution is 2.46. The van der Waals surface area contributed by atoms with E-state index in [1.807, 2.05) is 31.2 Å². The molecule has 12 heteroatoms. The molecule has 42 heavy (non-hydrogen) atoms. The normalized spacial score (nSPS) is 22.1. The van der Waals surface area contributed by atoms with Gasteiger partial charge in [0.25, 0.3) is 0 Å². The molecule has 0 unspecified atom stereocenters. The molecule has 1 fully saturated rings. The van der Waals surface area contributed by atoms with Crippen LogP contribution in [0.2, 0.25) is 5.02 Å². The molecule has 0 saturated carbocycles. The highest BCUT2D eigenvalue weighted by molar-refractivity contribution is 6.31. The SMILES string of the molecule is CCOc1ccc(Cc2cc([C@]3(OC)O[C@H]([C@@H](COC(C)=O)OC(C)=O)[C@H](OC(C)=O)[C@H]3OC(C)=O)ccc2Cl)cc1. The smallest absolute Gasteiger partial charge is 0.303 e. The lowest BCUT2D eigenvalue weighted by atomic mass is 9.93. The van der Waals surface area contributed by atoms with Gasteiger partial charge in [0.1, 0.15) is 18.5 Å². The topological polar surface area (TPSA) is 133 Å². The molecule has 2 aromatic carbocycles. The Labute approximate surface area is 249 Å². The molecule has 0 aromatic heterocycles. The number of ether oxygens (including phenoxy) is 7. The van der Waals surface area contributed by atoms with Crippen molar-refractivity contribution in [3.63, 3.8) is 0 Å². The maximum Gasteiger partial charge on any atom is 0.303 e. The summed E-state index contributed by atoms with van der Waals surface area (Å²) in [5, 5.41) is 0.460. The monoisotopic (exact) mass is 606 g/mol. The summed E-state index contributed by atoms with van der Waals surface area (Å²) in [5.74, 6) is -3.89. The van der Waals surface area contributed by atoms with E-state index in [0.717, 1.165) is 18.2 Å². The minimum atomic E-state index is -1.84. The molecule has 5 atom stereocenters. The number of benzene rings is 2. The van der Waals surface area contributed by atoms with Crippen molar-refractivity contribution >= 4 is 35.5 Å². The van der Waals surface area contributed by atoms with Gasteiger partial charge in [0.2, 0.25) is 5.79 Å². The second kappa shape index (κ2) is 14.5. The van der Waals surface area contributed by atoms with E-state index in [1.165, 1.54) is 27.9 Å². The van der Waals surface area contributed by atoms with Gasteiger partial charge in [0, 0.05) is 45.4 Å². The first-order valence-electron chi connectivity index (χ1n) is 13.3. The van der Waals surface area contributed by atoms with Gasteiger partial charge in [-0.05, 0) is 48.7 Å². The Balaban J connectivity index is 2.10. The summed E-state index contributed by atoms with van der Waals surface area (Å²) < 4.78 is 39.6. The standard InChI is InChI=1S/C30H35ClO11/c1-7-37-24-11-8-21(9-12-24)14-22-15-23(10-13-25(22)31)30(36-6)29(41-20(5)35)28(40-19(4)34)27(42-30)26(39-18(3)33)16-38-17(2)32/h8-13,15,26-29H,7,14,16H2,1-6H3/t26-,27-,28+,29-,30+/m1/s1. The summed E-state index contributed by atoms with van der Waals surface area (Å²) >= 11 is 6.58. The van der Waals surface area contributed by atoms with Crippen LogP contribution in [0.3, 0.4) is 0 Å². The van der Waals surface area contributed by atoms with Crippen molar-refractivity contribution in [2.75, 3.05) is 20.3 Å². The van der Waals surface area contributed by atoms with Crippen molar-refractivity contribution in [3.05, 3.63) is 64.2 Å². The van der Waals surface area contributed by atoms with Gasteiger partial charge in [-0.15, -0.1) is 0 Å². The minimum absolute atomic E-state index is 0.385. The van der Waals surface area contributed by atoms with E-state index in [9.17, 15) is 19.2 Å². The lowest BCUT2D eigenvalue weighted by molar-refractivity contribution is -0.268. The fourth-order valence-corrected chi connectivity index (χ4v) is 4.98. The third-order valence-electron chi connectivity index (χ3n) is 6.42. The van der Waals surface area contributed by atoms with Gasteiger partial charge >= 0.3 is 23.9 Å². The van der Waals surface area contributed by atoms with Crippen LogP contribution in [0.4, 0.5) is 0 Å². The number of carbonyl (C=O) groups excluding carboxylic acids is 4. The largest absolute Gasteiger partial charge is 0.494 e. The van der Waals surface area contributed by atoms with Gasteiger partial charge in [0.15, 0.2) is 18.3 Å². The molecule has 0 amide bonds. The zero-order valence-corrected chi connectivity index (χ0v) is 25.1. The van der Waals surface area contributed by atoms with Crippen molar-refractivity contribution in [2.24, 2.45) is 0 Å². The van der Waals surface area contributed by atoms with Gasteiger partial charge in [-0.25, -0.2) is 0 Å². The van der Waals surface area contributed by atoms with Crippen LogP contribution in [0.1, 0.15) is 51.3 Å². The molecule has 0 radical (unpaired) electrons. The Kier molecular flexibility index (Phi) is 11.3. The van der Waals surface area contributed by atoms with Crippen molar-refractivity contribution < 1.29 is 52.3 Å². The van der Waals surface area contributed by atoms with Crippen LogP contribution in [-0.2, 0) is 59.8 Å². The quantitative estimate of drug-likeness (QED) is 0.257. The summed E-state index contributed by atoms with van der Waals surface area (Å²) in [7, 11) is 1.33. The van der Waals surface area contributed by atoms with E-state index in [0.29, 0.717) is 29.2 Å². The Hall–Kier alpha value is -3.67. The first-order chi connectivity index (χ1) is 19.9. The highest BCUT2D eigenvalue weighted by Gasteiger charge is 2.63. The van der Waals surface area contributed by atoms with Crippen LogP contribution in [0.15, 0.2) is 42.5 Å². The van der Waals surface area contributed by atoms with Crippen LogP contribution in [0.25, 0.3) is 0 Å². The number of esters is 4. The van der Waals surface area contributed by atoms with Gasteiger partial charge < -0.3 is 33.2 Å². The molecule has 0 bridgehead atoms. The number of methoxy groups -OCH3 is 1.